The van der Waals surface area contributed by atoms with Crippen molar-refractivity contribution in [2.75, 3.05) is 17.2 Å². The van der Waals surface area contributed by atoms with Gasteiger partial charge in [-0.2, -0.15) is 20.2 Å². The molecule has 1 atom stereocenters. The average molecular weight is 585 g/mol. The number of carbonyl (C=O) groups excluding carboxylic acids is 1. The molecule has 1 fully saturated rings. The lowest BCUT2D eigenvalue weighted by molar-refractivity contribution is -0.151. The minimum atomic E-state index is -0.727. The van der Waals surface area contributed by atoms with Crippen molar-refractivity contribution >= 4 is 29.5 Å². The number of ether oxygens (including phenoxy) is 3. The molecule has 3 aromatic rings. The minimum absolute atomic E-state index is 0.0190. The molecule has 41 heavy (non-hydrogen) atoms. The van der Waals surface area contributed by atoms with Gasteiger partial charge in [-0.3, -0.25) is 0 Å². The summed E-state index contributed by atoms with van der Waals surface area (Å²) in [6.07, 6.45) is 3.39. The predicted molar refractivity (Wildman–Crippen MR) is 154 cm³/mol. The fourth-order valence-electron chi connectivity index (χ4n) is 3.20. The molecule has 0 spiro atoms. The number of esters is 1. The van der Waals surface area contributed by atoms with E-state index in [1.165, 1.54) is 25.0 Å². The summed E-state index contributed by atoms with van der Waals surface area (Å²) in [5, 5.41) is 15.2. The summed E-state index contributed by atoms with van der Waals surface area (Å²) in [4.78, 5) is 24.0. The molecule has 1 aliphatic rings. The maximum Gasteiger partial charge on any atom is 0.347 e. The first-order chi connectivity index (χ1) is 19.7. The minimum Gasteiger partial charge on any atom is -0.479 e. The van der Waals surface area contributed by atoms with Crippen LogP contribution in [0.3, 0.4) is 0 Å². The van der Waals surface area contributed by atoms with Crippen LogP contribution in [0.1, 0.15) is 58.9 Å². The second kappa shape index (κ2) is 15.6. The van der Waals surface area contributed by atoms with Gasteiger partial charge in [0.1, 0.15) is 11.5 Å². The van der Waals surface area contributed by atoms with Gasteiger partial charge in [-0.1, -0.05) is 13.3 Å². The Morgan fingerprint density at radius 2 is 1.78 bits per heavy atom. The molecule has 0 amide bonds. The van der Waals surface area contributed by atoms with Gasteiger partial charge in [0.2, 0.25) is 17.2 Å². The van der Waals surface area contributed by atoms with Crippen molar-refractivity contribution < 1.29 is 23.4 Å². The van der Waals surface area contributed by atoms with Gasteiger partial charge >= 0.3 is 5.97 Å². The third-order valence-electron chi connectivity index (χ3n) is 5.44. The summed E-state index contributed by atoms with van der Waals surface area (Å²) < 4.78 is 29.9. The lowest BCUT2D eigenvalue weighted by atomic mass is 10.2. The fourth-order valence-corrected chi connectivity index (χ4v) is 3.36. The first kappa shape index (κ1) is 31.4. The van der Waals surface area contributed by atoms with E-state index in [-0.39, 0.29) is 22.6 Å². The highest BCUT2D eigenvalue weighted by Crippen LogP contribution is 2.27. The number of unbranched alkanes of at least 4 members (excludes halogenated alkanes) is 1. The van der Waals surface area contributed by atoms with Gasteiger partial charge in [-0.25, -0.2) is 9.18 Å². The van der Waals surface area contributed by atoms with Crippen LogP contribution in [0.5, 0.6) is 17.2 Å². The number of carbonyl (C=O) groups is 1. The number of rotatable bonds is 12. The Balaban J connectivity index is 0.000000260. The number of nitriles is 1. The van der Waals surface area contributed by atoms with E-state index in [0.717, 1.165) is 18.9 Å². The molecule has 4 rings (SSSR count). The maximum atomic E-state index is 13.8. The molecule has 2 N–H and O–H groups in total. The highest BCUT2D eigenvalue weighted by Gasteiger charge is 2.22. The van der Waals surface area contributed by atoms with Crippen LogP contribution in [0.2, 0.25) is 5.28 Å². The summed E-state index contributed by atoms with van der Waals surface area (Å²) in [5.41, 5.74) is 0.221. The van der Waals surface area contributed by atoms with Crippen molar-refractivity contribution in [3.8, 4) is 23.3 Å². The van der Waals surface area contributed by atoms with Gasteiger partial charge in [0.05, 0.1) is 18.2 Å². The smallest absolute Gasteiger partial charge is 0.347 e. The second-order valence-corrected chi connectivity index (χ2v) is 9.92. The Morgan fingerprint density at radius 1 is 1.10 bits per heavy atom. The van der Waals surface area contributed by atoms with Crippen molar-refractivity contribution in [3.05, 3.63) is 59.1 Å². The lowest BCUT2D eigenvalue weighted by Gasteiger charge is -2.14. The number of benzene rings is 2. The monoisotopic (exact) mass is 584 g/mol. The van der Waals surface area contributed by atoms with E-state index in [4.69, 9.17) is 31.1 Å². The fraction of sp³-hybridized carbons (Fsp3) is 0.414. The molecular weight excluding hydrogens is 551 g/mol. The number of nitrogens with one attached hydrogen (secondary N) is 2. The largest absolute Gasteiger partial charge is 0.479 e. The number of anilines is 2. The quantitative estimate of drug-likeness (QED) is 0.179. The molecule has 2 aromatic carbocycles. The maximum absolute atomic E-state index is 13.8. The Bertz CT molecular complexity index is 1310. The van der Waals surface area contributed by atoms with Gasteiger partial charge < -0.3 is 24.8 Å². The number of halogens is 2. The molecule has 1 saturated carbocycles. The topological polar surface area (TPSA) is 131 Å². The number of nitrogens with zero attached hydrogens (tertiary/aromatic N) is 4. The van der Waals surface area contributed by atoms with Gasteiger partial charge in [0.15, 0.2) is 17.7 Å². The van der Waals surface area contributed by atoms with E-state index in [2.05, 4.69) is 25.6 Å². The van der Waals surface area contributed by atoms with E-state index in [0.29, 0.717) is 36.0 Å². The summed E-state index contributed by atoms with van der Waals surface area (Å²) >= 11 is 5.80. The Labute approximate surface area is 244 Å². The van der Waals surface area contributed by atoms with Crippen LogP contribution in [-0.2, 0) is 9.53 Å². The van der Waals surface area contributed by atoms with Crippen LogP contribution in [0.4, 0.5) is 16.3 Å². The van der Waals surface area contributed by atoms with Crippen molar-refractivity contribution in [2.24, 2.45) is 0 Å². The van der Waals surface area contributed by atoms with E-state index in [1.54, 1.807) is 31.2 Å². The van der Waals surface area contributed by atoms with Crippen LogP contribution in [0, 0.1) is 17.1 Å². The molecular formula is C29H34ClFN6O4. The summed E-state index contributed by atoms with van der Waals surface area (Å²) in [5.74, 6) is 0.933. The zero-order valence-corrected chi connectivity index (χ0v) is 24.2. The van der Waals surface area contributed by atoms with E-state index < -0.39 is 17.9 Å². The summed E-state index contributed by atoms with van der Waals surface area (Å²) in [6, 6.07) is 13.1. The van der Waals surface area contributed by atoms with Crippen LogP contribution in [-0.4, -0.2) is 45.7 Å². The highest BCUT2D eigenvalue weighted by molar-refractivity contribution is 6.28. The van der Waals surface area contributed by atoms with Crippen LogP contribution >= 0.6 is 11.6 Å². The van der Waals surface area contributed by atoms with Gasteiger partial charge in [0.25, 0.3) is 0 Å². The van der Waals surface area contributed by atoms with Crippen LogP contribution < -0.4 is 20.1 Å². The molecule has 1 heterocycles. The molecule has 1 aromatic heterocycles. The molecule has 1 aliphatic carbocycles. The zero-order valence-electron chi connectivity index (χ0n) is 23.5. The number of hydrogen-bond acceptors (Lipinski definition) is 10. The van der Waals surface area contributed by atoms with Crippen molar-refractivity contribution in [2.45, 2.75) is 71.6 Å². The molecule has 218 valence electrons. The first-order valence-electron chi connectivity index (χ1n) is 13.4. The third kappa shape index (κ3) is 11.1. The van der Waals surface area contributed by atoms with E-state index >= 15 is 0 Å². The van der Waals surface area contributed by atoms with E-state index in [9.17, 15) is 9.18 Å². The van der Waals surface area contributed by atoms with Gasteiger partial charge in [-0.15, -0.1) is 0 Å². The Morgan fingerprint density at radius 3 is 2.39 bits per heavy atom. The van der Waals surface area contributed by atoms with Crippen molar-refractivity contribution in [1.82, 2.24) is 15.0 Å². The SMILES string of the molecule is CC(C)Nc1nc(Cl)nc(NC2CC2)n1.CCCCOC(=O)C(C)Oc1ccc(Oc2ccc(C#N)cc2F)cc1. The van der Waals surface area contributed by atoms with Crippen LogP contribution in [0.15, 0.2) is 42.5 Å². The van der Waals surface area contributed by atoms with E-state index in [1.807, 2.05) is 26.8 Å². The summed E-state index contributed by atoms with van der Waals surface area (Å²) in [7, 11) is 0. The standard InChI is InChI=1S/C20H20FNO4.C9H14ClN5/c1-3-4-11-24-20(23)14(2)25-16-6-8-17(9-7-16)26-19-10-5-15(13-22)12-18(19)21;1-5(2)11-8-13-7(10)14-9(15-8)12-6-3-4-6/h5-10,12,14H,3-4,11H2,1-2H3;5-6H,3-4H2,1-2H3,(H2,11,12,13,14,15). The second-order valence-electron chi connectivity index (χ2n) is 9.58. The molecule has 10 nitrogen and oxygen atoms in total. The number of aromatic nitrogens is 3. The predicted octanol–water partition coefficient (Wildman–Crippen LogP) is 6.52. The molecule has 0 bridgehead atoms. The third-order valence-corrected chi connectivity index (χ3v) is 5.61. The van der Waals surface area contributed by atoms with Crippen molar-refractivity contribution in [3.63, 3.8) is 0 Å². The Kier molecular flexibility index (Phi) is 11.9. The zero-order chi connectivity index (χ0) is 29.8. The molecule has 1 unspecified atom stereocenters. The van der Waals surface area contributed by atoms with Gasteiger partial charge in [0, 0.05) is 12.1 Å². The summed E-state index contributed by atoms with van der Waals surface area (Å²) in [6.45, 7) is 8.05. The normalized spacial score (nSPS) is 12.8. The molecule has 0 aliphatic heterocycles. The molecule has 0 radical (unpaired) electrons. The average Bonchev–Trinajstić information content (AvgIpc) is 3.74. The van der Waals surface area contributed by atoms with Crippen LogP contribution in [0.25, 0.3) is 0 Å². The molecule has 12 heteroatoms. The number of hydrogen-bond donors (Lipinski definition) is 2. The first-order valence-corrected chi connectivity index (χ1v) is 13.8. The highest BCUT2D eigenvalue weighted by atomic mass is 35.5. The molecule has 0 saturated heterocycles. The van der Waals surface area contributed by atoms with Gasteiger partial charge in [-0.05, 0) is 94.1 Å². The lowest BCUT2D eigenvalue weighted by Crippen LogP contribution is -2.26. The Hall–Kier alpha value is -4.17. The van der Waals surface area contributed by atoms with Crippen molar-refractivity contribution in [1.29, 1.82) is 5.26 Å².